The van der Waals surface area contributed by atoms with Gasteiger partial charge in [-0.2, -0.15) is 11.8 Å². The van der Waals surface area contributed by atoms with Crippen molar-refractivity contribution in [1.29, 1.82) is 0 Å². The van der Waals surface area contributed by atoms with Crippen molar-refractivity contribution in [3.05, 3.63) is 58.1 Å². The first-order valence-corrected chi connectivity index (χ1v) is 9.23. The number of aryl methyl sites for hydroxylation is 2. The van der Waals surface area contributed by atoms with Crippen LogP contribution in [0.2, 0.25) is 0 Å². The third kappa shape index (κ3) is 3.61. The van der Waals surface area contributed by atoms with Crippen molar-refractivity contribution in [2.45, 2.75) is 50.4 Å². The number of ether oxygens (including phenoxy) is 1. The summed E-state index contributed by atoms with van der Waals surface area (Å²) in [5.41, 5.74) is 3.90. The van der Waals surface area contributed by atoms with E-state index in [9.17, 15) is 0 Å². The molecule has 4 atom stereocenters. The zero-order chi connectivity index (χ0) is 15.7. The maximum absolute atomic E-state index is 6.33. The molecule has 0 spiro atoms. The van der Waals surface area contributed by atoms with E-state index in [-0.39, 0.29) is 6.10 Å². The predicted octanol–water partition coefficient (Wildman–Crippen LogP) is 5.39. The molecule has 2 aliphatic rings. The number of hydrogen-bond donors (Lipinski definition) is 0. The summed E-state index contributed by atoms with van der Waals surface area (Å²) < 4.78 is 6.33. The van der Waals surface area contributed by atoms with E-state index in [2.05, 4.69) is 51.1 Å². The number of halogens is 1. The third-order valence-corrected chi connectivity index (χ3v) is 6.20. The quantitative estimate of drug-likeness (QED) is 0.732. The van der Waals surface area contributed by atoms with Gasteiger partial charge in [-0.15, -0.1) is 0 Å². The molecule has 1 aliphatic carbocycles. The molecular formula is C19H23ClOS. The summed E-state index contributed by atoms with van der Waals surface area (Å²) in [5.74, 6) is 0.393. The van der Waals surface area contributed by atoms with Gasteiger partial charge in [0.05, 0.1) is 12.7 Å². The summed E-state index contributed by atoms with van der Waals surface area (Å²) in [6.45, 7) is 7.27. The van der Waals surface area contributed by atoms with Crippen molar-refractivity contribution in [2.24, 2.45) is 5.92 Å². The first-order chi connectivity index (χ1) is 10.5. The standard InChI is InChI=1S/C19H23ClOS/c1-12-4-5-15(13(2)8-12)11-21-18-9-14(3)22-19-7-6-16(20)10-17(18)19/h4-8,10,14,17-19H,9,11H2,1-3H3/t14-,17-,18-,19-/m0/s1. The summed E-state index contributed by atoms with van der Waals surface area (Å²) in [4.78, 5) is 0. The van der Waals surface area contributed by atoms with E-state index in [0.29, 0.717) is 23.0 Å². The van der Waals surface area contributed by atoms with Crippen LogP contribution in [0.25, 0.3) is 0 Å². The fraction of sp³-hybridized carbons (Fsp3) is 0.474. The van der Waals surface area contributed by atoms with Crippen LogP contribution in [0.5, 0.6) is 0 Å². The van der Waals surface area contributed by atoms with Crippen LogP contribution in [0.1, 0.15) is 30.0 Å². The van der Waals surface area contributed by atoms with E-state index < -0.39 is 0 Å². The van der Waals surface area contributed by atoms with Crippen molar-refractivity contribution < 1.29 is 4.74 Å². The highest BCUT2D eigenvalue weighted by molar-refractivity contribution is 8.00. The van der Waals surface area contributed by atoms with Crippen LogP contribution < -0.4 is 0 Å². The van der Waals surface area contributed by atoms with Crippen LogP contribution in [0.15, 0.2) is 41.5 Å². The van der Waals surface area contributed by atoms with Crippen molar-refractivity contribution in [3.63, 3.8) is 0 Å². The highest BCUT2D eigenvalue weighted by Gasteiger charge is 2.36. The average molecular weight is 335 g/mol. The molecule has 0 radical (unpaired) electrons. The summed E-state index contributed by atoms with van der Waals surface area (Å²) in [5, 5.41) is 1.96. The van der Waals surface area contributed by atoms with E-state index >= 15 is 0 Å². The Kier molecular flexibility index (Phi) is 5.01. The Morgan fingerprint density at radius 2 is 2.14 bits per heavy atom. The number of benzene rings is 1. The number of thioether (sulfide) groups is 1. The molecular weight excluding hydrogens is 312 g/mol. The fourth-order valence-electron chi connectivity index (χ4n) is 3.30. The van der Waals surface area contributed by atoms with Gasteiger partial charge in [0.1, 0.15) is 0 Å². The van der Waals surface area contributed by atoms with Crippen molar-refractivity contribution in [1.82, 2.24) is 0 Å². The molecule has 1 aliphatic heterocycles. The van der Waals surface area contributed by atoms with Gasteiger partial charge in [0.15, 0.2) is 0 Å². The van der Waals surface area contributed by atoms with Crippen LogP contribution >= 0.6 is 23.4 Å². The van der Waals surface area contributed by atoms with Gasteiger partial charge in [0, 0.05) is 21.5 Å². The first kappa shape index (κ1) is 16.2. The number of allylic oxidation sites excluding steroid dienone is 2. The lowest BCUT2D eigenvalue weighted by Gasteiger charge is -2.39. The maximum Gasteiger partial charge on any atom is 0.0723 e. The van der Waals surface area contributed by atoms with E-state index in [1.807, 2.05) is 17.8 Å². The highest BCUT2D eigenvalue weighted by atomic mass is 35.5. The average Bonchev–Trinajstić information content (AvgIpc) is 2.46. The molecule has 1 nitrogen and oxygen atoms in total. The van der Waals surface area contributed by atoms with Gasteiger partial charge in [0.25, 0.3) is 0 Å². The molecule has 0 bridgehead atoms. The van der Waals surface area contributed by atoms with E-state index in [4.69, 9.17) is 16.3 Å². The molecule has 1 aromatic carbocycles. The third-order valence-electron chi connectivity index (χ3n) is 4.51. The zero-order valence-corrected chi connectivity index (χ0v) is 15.0. The molecule has 0 amide bonds. The van der Waals surface area contributed by atoms with Crippen molar-refractivity contribution in [2.75, 3.05) is 0 Å². The first-order valence-electron chi connectivity index (χ1n) is 7.91. The normalized spacial score (nSPS) is 30.8. The molecule has 1 fully saturated rings. The van der Waals surface area contributed by atoms with Crippen LogP contribution in [0, 0.1) is 19.8 Å². The van der Waals surface area contributed by atoms with Gasteiger partial charge >= 0.3 is 0 Å². The van der Waals surface area contributed by atoms with Crippen LogP contribution in [0.3, 0.4) is 0 Å². The van der Waals surface area contributed by atoms with E-state index in [0.717, 1.165) is 11.5 Å². The van der Waals surface area contributed by atoms with Gasteiger partial charge in [-0.25, -0.2) is 0 Å². The molecule has 0 aromatic heterocycles. The Labute approximate surface area is 142 Å². The van der Waals surface area contributed by atoms with Gasteiger partial charge in [-0.3, -0.25) is 0 Å². The summed E-state index contributed by atoms with van der Waals surface area (Å²) >= 11 is 8.24. The second-order valence-electron chi connectivity index (χ2n) is 6.41. The molecule has 118 valence electrons. The molecule has 3 rings (SSSR count). The van der Waals surface area contributed by atoms with E-state index in [1.54, 1.807) is 0 Å². The second-order valence-corrected chi connectivity index (χ2v) is 8.47. The van der Waals surface area contributed by atoms with Crippen molar-refractivity contribution in [3.8, 4) is 0 Å². The predicted molar refractivity (Wildman–Crippen MR) is 96.5 cm³/mol. The smallest absolute Gasteiger partial charge is 0.0723 e. The molecule has 0 unspecified atom stereocenters. The molecule has 22 heavy (non-hydrogen) atoms. The number of fused-ring (bicyclic) bond motifs is 1. The van der Waals surface area contributed by atoms with Gasteiger partial charge in [-0.05, 0) is 37.5 Å². The topological polar surface area (TPSA) is 9.23 Å². The molecule has 0 saturated carbocycles. The van der Waals surface area contributed by atoms with Gasteiger partial charge in [0.2, 0.25) is 0 Å². The Hall–Kier alpha value is -0.700. The monoisotopic (exact) mass is 334 g/mol. The lowest BCUT2D eigenvalue weighted by molar-refractivity contribution is 0.00694. The summed E-state index contributed by atoms with van der Waals surface area (Å²) in [7, 11) is 0. The number of rotatable bonds is 3. The Morgan fingerprint density at radius 1 is 1.32 bits per heavy atom. The Balaban J connectivity index is 1.71. The molecule has 3 heteroatoms. The minimum atomic E-state index is 0.251. The van der Waals surface area contributed by atoms with Gasteiger partial charge < -0.3 is 4.74 Å². The van der Waals surface area contributed by atoms with Crippen molar-refractivity contribution >= 4 is 23.4 Å². The molecule has 0 N–H and O–H groups in total. The summed E-state index contributed by atoms with van der Waals surface area (Å²) in [6.07, 6.45) is 7.78. The minimum Gasteiger partial charge on any atom is -0.373 e. The lowest BCUT2D eigenvalue weighted by atomic mass is 9.90. The SMILES string of the molecule is Cc1ccc(CO[C@H]2C[C@H](C)S[C@H]3C=CC(Cl)=C[C@@H]23)c(C)c1. The van der Waals surface area contributed by atoms with Crippen LogP contribution in [-0.2, 0) is 11.3 Å². The van der Waals surface area contributed by atoms with Crippen LogP contribution in [0.4, 0.5) is 0 Å². The maximum atomic E-state index is 6.33. The fourth-order valence-corrected chi connectivity index (χ4v) is 4.96. The minimum absolute atomic E-state index is 0.251. The molecule has 1 saturated heterocycles. The summed E-state index contributed by atoms with van der Waals surface area (Å²) in [6, 6.07) is 6.57. The lowest BCUT2D eigenvalue weighted by Crippen LogP contribution is -2.38. The molecule has 1 aromatic rings. The van der Waals surface area contributed by atoms with Gasteiger partial charge in [-0.1, -0.05) is 54.4 Å². The number of hydrogen-bond acceptors (Lipinski definition) is 2. The Morgan fingerprint density at radius 3 is 2.91 bits per heavy atom. The Bertz CT molecular complexity index is 607. The van der Waals surface area contributed by atoms with Crippen LogP contribution in [-0.4, -0.2) is 16.6 Å². The van der Waals surface area contributed by atoms with E-state index in [1.165, 1.54) is 16.7 Å². The molecule has 1 heterocycles. The highest BCUT2D eigenvalue weighted by Crippen LogP contribution is 2.42. The zero-order valence-electron chi connectivity index (χ0n) is 13.4. The largest absolute Gasteiger partial charge is 0.373 e. The second kappa shape index (κ2) is 6.82.